The largest absolute Gasteiger partial charge is 0.475 e. The Hall–Kier alpha value is -2.17. The third-order valence-electron chi connectivity index (χ3n) is 2.24. The average Bonchev–Trinajstić information content (AvgIpc) is 2.62. The fourth-order valence-corrected chi connectivity index (χ4v) is 1.41. The maximum absolute atomic E-state index is 10.7. The summed E-state index contributed by atoms with van der Waals surface area (Å²) in [7, 11) is 0. The number of aromatic nitrogens is 3. The molecule has 2 rings (SSSR count). The van der Waals surface area contributed by atoms with Gasteiger partial charge in [-0.3, -0.25) is 0 Å². The molecule has 16 heavy (non-hydrogen) atoms. The van der Waals surface area contributed by atoms with E-state index in [4.69, 9.17) is 5.11 Å². The van der Waals surface area contributed by atoms with Crippen LogP contribution in [0.4, 0.5) is 0 Å². The molecule has 0 saturated heterocycles. The molecule has 5 nitrogen and oxygen atoms in total. The van der Waals surface area contributed by atoms with Crippen LogP contribution in [0.1, 0.15) is 22.0 Å². The molecule has 82 valence electrons. The molecule has 0 aliphatic rings. The molecule has 0 saturated carbocycles. The van der Waals surface area contributed by atoms with Crippen molar-refractivity contribution >= 4 is 5.97 Å². The molecule has 0 aliphatic heterocycles. The van der Waals surface area contributed by atoms with Crippen molar-refractivity contribution in [2.24, 2.45) is 0 Å². The highest BCUT2D eigenvalue weighted by Crippen LogP contribution is 2.10. The summed E-state index contributed by atoms with van der Waals surface area (Å²) in [6.45, 7) is 3.71. The molecule has 5 heteroatoms. The average molecular weight is 217 g/mol. The van der Waals surface area contributed by atoms with Crippen LogP contribution in [0.3, 0.4) is 0 Å². The minimum absolute atomic E-state index is 0.182. The number of hydrogen-bond donors (Lipinski definition) is 1. The Morgan fingerprint density at radius 1 is 1.25 bits per heavy atom. The number of carboxylic acid groups (broad SMARTS) is 1. The van der Waals surface area contributed by atoms with Gasteiger partial charge in [0.1, 0.15) is 5.82 Å². The van der Waals surface area contributed by atoms with Gasteiger partial charge in [-0.1, -0.05) is 17.7 Å². The first kappa shape index (κ1) is 10.4. The van der Waals surface area contributed by atoms with Crippen molar-refractivity contribution in [1.29, 1.82) is 0 Å². The van der Waals surface area contributed by atoms with Crippen LogP contribution < -0.4 is 0 Å². The summed E-state index contributed by atoms with van der Waals surface area (Å²) in [4.78, 5) is 14.6. The van der Waals surface area contributed by atoms with Gasteiger partial charge in [0.15, 0.2) is 0 Å². The fraction of sp³-hybridized carbons (Fsp3) is 0.182. The SMILES string of the molecule is Cc1ccc(-n2nc(C(=O)O)nc2C)cc1. The van der Waals surface area contributed by atoms with Crippen molar-refractivity contribution in [1.82, 2.24) is 14.8 Å². The molecule has 0 atom stereocenters. The first-order valence-corrected chi connectivity index (χ1v) is 4.82. The van der Waals surface area contributed by atoms with E-state index in [-0.39, 0.29) is 5.82 Å². The zero-order valence-electron chi connectivity index (χ0n) is 9.01. The van der Waals surface area contributed by atoms with Gasteiger partial charge in [-0.05, 0) is 26.0 Å². The molecule has 0 amide bonds. The van der Waals surface area contributed by atoms with Crippen molar-refractivity contribution in [3.8, 4) is 5.69 Å². The Bertz CT molecular complexity index is 529. The van der Waals surface area contributed by atoms with Crippen LogP contribution in [0.25, 0.3) is 5.69 Å². The van der Waals surface area contributed by atoms with E-state index < -0.39 is 5.97 Å². The van der Waals surface area contributed by atoms with E-state index in [1.54, 1.807) is 6.92 Å². The van der Waals surface area contributed by atoms with Crippen molar-refractivity contribution in [2.75, 3.05) is 0 Å². The van der Waals surface area contributed by atoms with Gasteiger partial charge in [-0.2, -0.15) is 0 Å². The molecule has 1 aromatic carbocycles. The zero-order chi connectivity index (χ0) is 11.7. The maximum atomic E-state index is 10.7. The third-order valence-corrected chi connectivity index (χ3v) is 2.24. The summed E-state index contributed by atoms with van der Waals surface area (Å²) < 4.78 is 1.52. The maximum Gasteiger partial charge on any atom is 0.375 e. The second-order valence-electron chi connectivity index (χ2n) is 3.54. The van der Waals surface area contributed by atoms with E-state index in [2.05, 4.69) is 10.1 Å². The molecule has 1 aromatic heterocycles. The molecule has 0 fully saturated rings. The van der Waals surface area contributed by atoms with Crippen LogP contribution in [0.5, 0.6) is 0 Å². The Kier molecular flexibility index (Phi) is 2.44. The molecular formula is C11H11N3O2. The monoisotopic (exact) mass is 217 g/mol. The standard InChI is InChI=1S/C11H11N3O2/c1-7-3-5-9(6-4-7)14-8(2)12-10(13-14)11(15)16/h3-6H,1-2H3,(H,15,16). The summed E-state index contributed by atoms with van der Waals surface area (Å²) in [6, 6.07) is 7.64. The molecule has 0 unspecified atom stereocenters. The zero-order valence-corrected chi connectivity index (χ0v) is 9.01. The minimum Gasteiger partial charge on any atom is -0.475 e. The second kappa shape index (κ2) is 3.77. The molecule has 0 aliphatic carbocycles. The van der Waals surface area contributed by atoms with Crippen LogP contribution in [-0.2, 0) is 0 Å². The van der Waals surface area contributed by atoms with E-state index in [1.807, 2.05) is 31.2 Å². The van der Waals surface area contributed by atoms with E-state index in [0.29, 0.717) is 5.82 Å². The summed E-state index contributed by atoms with van der Waals surface area (Å²) in [5.41, 5.74) is 1.95. The number of carbonyl (C=O) groups is 1. The van der Waals surface area contributed by atoms with Gasteiger partial charge in [-0.25, -0.2) is 14.5 Å². The van der Waals surface area contributed by atoms with Crippen molar-refractivity contribution in [2.45, 2.75) is 13.8 Å². The van der Waals surface area contributed by atoms with Crippen LogP contribution in [0.2, 0.25) is 0 Å². The predicted octanol–water partition coefficient (Wildman–Crippen LogP) is 1.58. The van der Waals surface area contributed by atoms with Crippen molar-refractivity contribution in [3.05, 3.63) is 41.5 Å². The lowest BCUT2D eigenvalue weighted by molar-refractivity contribution is 0.0683. The Morgan fingerprint density at radius 2 is 1.88 bits per heavy atom. The number of rotatable bonds is 2. The first-order chi connectivity index (χ1) is 7.58. The minimum atomic E-state index is -1.12. The van der Waals surface area contributed by atoms with Crippen LogP contribution >= 0.6 is 0 Å². The molecule has 1 N–H and O–H groups in total. The van der Waals surface area contributed by atoms with Gasteiger partial charge in [0.25, 0.3) is 5.82 Å². The van der Waals surface area contributed by atoms with Crippen LogP contribution in [0.15, 0.2) is 24.3 Å². The van der Waals surface area contributed by atoms with E-state index in [0.717, 1.165) is 11.3 Å². The molecule has 2 aromatic rings. The van der Waals surface area contributed by atoms with Crippen LogP contribution in [0, 0.1) is 13.8 Å². The smallest absolute Gasteiger partial charge is 0.375 e. The Balaban J connectivity index is 2.47. The predicted molar refractivity (Wildman–Crippen MR) is 57.8 cm³/mol. The molecule has 1 heterocycles. The number of benzene rings is 1. The summed E-state index contributed by atoms with van der Waals surface area (Å²) in [6.07, 6.45) is 0. The topological polar surface area (TPSA) is 68.0 Å². The van der Waals surface area contributed by atoms with Crippen LogP contribution in [-0.4, -0.2) is 25.8 Å². The number of aryl methyl sites for hydroxylation is 2. The second-order valence-corrected chi connectivity index (χ2v) is 3.54. The first-order valence-electron chi connectivity index (χ1n) is 4.82. The normalized spacial score (nSPS) is 10.4. The number of nitrogens with zero attached hydrogens (tertiary/aromatic N) is 3. The van der Waals surface area contributed by atoms with Gasteiger partial charge in [0.2, 0.25) is 0 Å². The van der Waals surface area contributed by atoms with Crippen molar-refractivity contribution in [3.63, 3.8) is 0 Å². The third kappa shape index (κ3) is 1.79. The van der Waals surface area contributed by atoms with Gasteiger partial charge in [0, 0.05) is 0 Å². The Labute approximate surface area is 92.4 Å². The highest BCUT2D eigenvalue weighted by atomic mass is 16.4. The lowest BCUT2D eigenvalue weighted by Gasteiger charge is -2.02. The summed E-state index contributed by atoms with van der Waals surface area (Å²) in [5, 5.41) is 12.7. The van der Waals surface area contributed by atoms with Gasteiger partial charge in [-0.15, -0.1) is 5.10 Å². The van der Waals surface area contributed by atoms with E-state index in [9.17, 15) is 4.79 Å². The van der Waals surface area contributed by atoms with Gasteiger partial charge in [0.05, 0.1) is 5.69 Å². The van der Waals surface area contributed by atoms with Gasteiger partial charge < -0.3 is 5.11 Å². The van der Waals surface area contributed by atoms with E-state index >= 15 is 0 Å². The Morgan fingerprint density at radius 3 is 2.38 bits per heavy atom. The quantitative estimate of drug-likeness (QED) is 0.829. The molecule has 0 spiro atoms. The fourth-order valence-electron chi connectivity index (χ4n) is 1.41. The molecular weight excluding hydrogens is 206 g/mol. The highest BCUT2D eigenvalue weighted by Gasteiger charge is 2.13. The molecule has 0 radical (unpaired) electrons. The number of hydrogen-bond acceptors (Lipinski definition) is 3. The number of carboxylic acids is 1. The summed E-state index contributed by atoms with van der Waals surface area (Å²) in [5.74, 6) is -0.742. The van der Waals surface area contributed by atoms with Crippen molar-refractivity contribution < 1.29 is 9.90 Å². The lowest BCUT2D eigenvalue weighted by Crippen LogP contribution is -2.02. The number of aromatic carboxylic acids is 1. The highest BCUT2D eigenvalue weighted by molar-refractivity contribution is 5.83. The summed E-state index contributed by atoms with van der Waals surface area (Å²) >= 11 is 0. The lowest BCUT2D eigenvalue weighted by atomic mass is 10.2. The molecule has 0 bridgehead atoms. The van der Waals surface area contributed by atoms with E-state index in [1.165, 1.54) is 4.68 Å². The van der Waals surface area contributed by atoms with Gasteiger partial charge >= 0.3 is 5.97 Å².